The first kappa shape index (κ1) is 30.3. The molecule has 2 aliphatic heterocycles. The van der Waals surface area contributed by atoms with Gasteiger partial charge in [0.2, 0.25) is 5.91 Å². The van der Waals surface area contributed by atoms with Gasteiger partial charge in [-0.05, 0) is 38.5 Å². The Hall–Kier alpha value is -2.66. The number of ether oxygens (including phenoxy) is 1. The normalized spacial score (nSPS) is 22.8. The number of rotatable bonds is 9. The highest BCUT2D eigenvalue weighted by molar-refractivity contribution is 5.78. The SMILES string of the molecule is Cc1c(C(C)(C)CNC(=O)CN2C[C@@H](C)NC[C@@H]2CN2CCOC[C@H]2C)ccn(Cc2ccc(F)cc2F)c1=O. The van der Waals surface area contributed by atoms with Crippen molar-refractivity contribution < 1.29 is 18.3 Å². The van der Waals surface area contributed by atoms with Gasteiger partial charge in [0.05, 0.1) is 26.3 Å². The van der Waals surface area contributed by atoms with E-state index >= 15 is 0 Å². The summed E-state index contributed by atoms with van der Waals surface area (Å²) in [5, 5.41) is 6.66. The Bertz CT molecular complexity index is 1250. The summed E-state index contributed by atoms with van der Waals surface area (Å²) in [4.78, 5) is 31.0. The van der Waals surface area contributed by atoms with E-state index in [4.69, 9.17) is 4.74 Å². The van der Waals surface area contributed by atoms with Gasteiger partial charge in [-0.15, -0.1) is 0 Å². The molecule has 3 heterocycles. The zero-order valence-corrected chi connectivity index (χ0v) is 24.3. The molecule has 220 valence electrons. The molecule has 2 aromatic rings. The second-order valence-corrected chi connectivity index (χ2v) is 12.0. The van der Waals surface area contributed by atoms with Gasteiger partial charge in [0.25, 0.3) is 5.56 Å². The molecule has 1 aromatic heterocycles. The molecule has 1 amide bonds. The summed E-state index contributed by atoms with van der Waals surface area (Å²) >= 11 is 0. The molecule has 0 bridgehead atoms. The number of halogens is 2. The molecular formula is C30H43F2N5O3. The number of nitrogens with zero attached hydrogens (tertiary/aromatic N) is 3. The lowest BCUT2D eigenvalue weighted by molar-refractivity contribution is -0.123. The number of aromatic nitrogens is 1. The van der Waals surface area contributed by atoms with Gasteiger partial charge in [-0.1, -0.05) is 19.9 Å². The number of piperazine rings is 1. The number of nitrogens with one attached hydrogen (secondary N) is 2. The summed E-state index contributed by atoms with van der Waals surface area (Å²) < 4.78 is 34.4. The first-order chi connectivity index (χ1) is 18.9. The van der Waals surface area contributed by atoms with E-state index in [9.17, 15) is 18.4 Å². The van der Waals surface area contributed by atoms with Crippen molar-refractivity contribution in [3.05, 3.63) is 69.1 Å². The van der Waals surface area contributed by atoms with Crippen molar-refractivity contribution >= 4 is 5.91 Å². The van der Waals surface area contributed by atoms with Crippen LogP contribution in [0.25, 0.3) is 0 Å². The average Bonchev–Trinajstić information content (AvgIpc) is 2.90. The highest BCUT2D eigenvalue weighted by Gasteiger charge is 2.32. The highest BCUT2D eigenvalue weighted by atomic mass is 19.1. The number of morpholine rings is 1. The van der Waals surface area contributed by atoms with Gasteiger partial charge in [0, 0.05) is 79.7 Å². The maximum Gasteiger partial charge on any atom is 0.254 e. The van der Waals surface area contributed by atoms with Gasteiger partial charge >= 0.3 is 0 Å². The minimum Gasteiger partial charge on any atom is -0.379 e. The predicted octanol–water partition coefficient (Wildman–Crippen LogP) is 2.26. The van der Waals surface area contributed by atoms with Crippen LogP contribution in [0.4, 0.5) is 8.78 Å². The van der Waals surface area contributed by atoms with Gasteiger partial charge < -0.3 is 19.9 Å². The van der Waals surface area contributed by atoms with Crippen LogP contribution >= 0.6 is 0 Å². The van der Waals surface area contributed by atoms with Crippen LogP contribution in [0.3, 0.4) is 0 Å². The van der Waals surface area contributed by atoms with E-state index in [1.54, 1.807) is 13.1 Å². The molecule has 2 aliphatic rings. The minimum atomic E-state index is -0.683. The zero-order chi connectivity index (χ0) is 29.0. The van der Waals surface area contributed by atoms with Crippen molar-refractivity contribution in [2.75, 3.05) is 52.5 Å². The number of hydrogen-bond donors (Lipinski definition) is 2. The van der Waals surface area contributed by atoms with Crippen LogP contribution in [0, 0.1) is 18.6 Å². The van der Waals surface area contributed by atoms with E-state index in [2.05, 4.69) is 34.3 Å². The number of benzene rings is 1. The molecule has 40 heavy (non-hydrogen) atoms. The second kappa shape index (κ2) is 12.9. The molecule has 4 rings (SSSR count). The maximum atomic E-state index is 14.2. The van der Waals surface area contributed by atoms with Crippen LogP contribution in [0.15, 0.2) is 35.3 Å². The third-order valence-corrected chi connectivity index (χ3v) is 8.24. The Morgan fingerprint density at radius 2 is 1.98 bits per heavy atom. The van der Waals surface area contributed by atoms with Crippen molar-refractivity contribution in [3.63, 3.8) is 0 Å². The molecule has 2 fully saturated rings. The van der Waals surface area contributed by atoms with Crippen LogP contribution < -0.4 is 16.2 Å². The van der Waals surface area contributed by atoms with Gasteiger partial charge in [-0.25, -0.2) is 8.78 Å². The summed E-state index contributed by atoms with van der Waals surface area (Å²) in [6.07, 6.45) is 1.64. The van der Waals surface area contributed by atoms with Gasteiger partial charge in [-0.2, -0.15) is 0 Å². The molecular weight excluding hydrogens is 516 g/mol. The second-order valence-electron chi connectivity index (χ2n) is 12.0. The van der Waals surface area contributed by atoms with E-state index < -0.39 is 17.0 Å². The number of amides is 1. The molecule has 1 aromatic carbocycles. The number of carbonyl (C=O) groups excluding carboxylic acids is 1. The van der Waals surface area contributed by atoms with Crippen molar-refractivity contribution in [1.82, 2.24) is 25.0 Å². The largest absolute Gasteiger partial charge is 0.379 e. The minimum absolute atomic E-state index is 0.0107. The molecule has 0 spiro atoms. The first-order valence-electron chi connectivity index (χ1n) is 14.1. The quantitative estimate of drug-likeness (QED) is 0.491. The smallest absolute Gasteiger partial charge is 0.254 e. The Morgan fingerprint density at radius 3 is 2.70 bits per heavy atom. The third-order valence-electron chi connectivity index (χ3n) is 8.24. The molecule has 2 saturated heterocycles. The maximum absolute atomic E-state index is 14.2. The van der Waals surface area contributed by atoms with E-state index in [-0.39, 0.29) is 29.6 Å². The summed E-state index contributed by atoms with van der Waals surface area (Å²) in [5.74, 6) is -1.38. The lowest BCUT2D eigenvalue weighted by Gasteiger charge is -2.43. The highest BCUT2D eigenvalue weighted by Crippen LogP contribution is 2.24. The number of hydrogen-bond acceptors (Lipinski definition) is 6. The topological polar surface area (TPSA) is 78.8 Å². The van der Waals surface area contributed by atoms with E-state index in [0.717, 1.165) is 51.0 Å². The van der Waals surface area contributed by atoms with Gasteiger partial charge in [-0.3, -0.25) is 19.4 Å². The Kier molecular flexibility index (Phi) is 9.76. The van der Waals surface area contributed by atoms with E-state index in [1.807, 2.05) is 19.9 Å². The summed E-state index contributed by atoms with van der Waals surface area (Å²) in [5.41, 5.74) is 0.864. The van der Waals surface area contributed by atoms with Crippen molar-refractivity contribution in [2.24, 2.45) is 0 Å². The summed E-state index contributed by atoms with van der Waals surface area (Å²) in [6.45, 7) is 15.6. The van der Waals surface area contributed by atoms with Crippen molar-refractivity contribution in [2.45, 2.75) is 64.7 Å². The molecule has 0 aliphatic carbocycles. The van der Waals surface area contributed by atoms with E-state index in [1.165, 1.54) is 16.7 Å². The monoisotopic (exact) mass is 559 g/mol. The van der Waals surface area contributed by atoms with Crippen LogP contribution in [0.2, 0.25) is 0 Å². The Labute approximate surface area is 235 Å². The lowest BCUT2D eigenvalue weighted by Crippen LogP contribution is -2.62. The number of pyridine rings is 1. The molecule has 8 nitrogen and oxygen atoms in total. The standard InChI is InChI=1S/C30H43F2N5O3/c1-20-14-37(25(13-33-20)16-35-10-11-40-18-21(35)2)17-28(38)34-19-30(4,5)26-8-9-36(29(39)22(26)3)15-23-6-7-24(31)12-27(23)32/h6-9,12,20-21,25,33H,10-11,13-19H2,1-5H3,(H,34,38)/t20-,21-,25-/m1/s1. The molecule has 10 heteroatoms. The third kappa shape index (κ3) is 7.34. The van der Waals surface area contributed by atoms with Crippen molar-refractivity contribution in [3.8, 4) is 0 Å². The van der Waals surface area contributed by atoms with E-state index in [0.29, 0.717) is 30.7 Å². The Morgan fingerprint density at radius 1 is 1.20 bits per heavy atom. The molecule has 0 unspecified atom stereocenters. The predicted molar refractivity (Wildman–Crippen MR) is 152 cm³/mol. The first-order valence-corrected chi connectivity index (χ1v) is 14.1. The fourth-order valence-electron chi connectivity index (χ4n) is 5.74. The Balaban J connectivity index is 1.38. The fourth-order valence-corrected chi connectivity index (χ4v) is 5.74. The number of carbonyl (C=O) groups is 1. The molecule has 0 radical (unpaired) electrons. The lowest BCUT2D eigenvalue weighted by atomic mass is 9.82. The fraction of sp³-hybridized carbons (Fsp3) is 0.600. The van der Waals surface area contributed by atoms with Gasteiger partial charge in [0.15, 0.2) is 0 Å². The van der Waals surface area contributed by atoms with Crippen LogP contribution in [-0.2, 0) is 21.5 Å². The molecule has 2 N–H and O–H groups in total. The molecule has 0 saturated carbocycles. The zero-order valence-electron chi connectivity index (χ0n) is 24.3. The van der Waals surface area contributed by atoms with Crippen LogP contribution in [0.5, 0.6) is 0 Å². The van der Waals surface area contributed by atoms with Crippen molar-refractivity contribution in [1.29, 1.82) is 0 Å². The van der Waals surface area contributed by atoms with Crippen LogP contribution in [-0.4, -0.2) is 90.9 Å². The average molecular weight is 560 g/mol. The summed E-state index contributed by atoms with van der Waals surface area (Å²) in [7, 11) is 0. The van der Waals surface area contributed by atoms with Crippen LogP contribution in [0.1, 0.15) is 44.4 Å². The van der Waals surface area contributed by atoms with Gasteiger partial charge in [0.1, 0.15) is 11.6 Å². The molecule has 3 atom stereocenters. The summed E-state index contributed by atoms with van der Waals surface area (Å²) in [6, 6.07) is 6.10.